The Labute approximate surface area is 125 Å². The molecule has 0 radical (unpaired) electrons. The van der Waals surface area contributed by atoms with E-state index in [1.807, 2.05) is 0 Å². The smallest absolute Gasteiger partial charge is 0.326 e. The molecule has 1 amide bonds. The Bertz CT molecular complexity index is 739. The van der Waals surface area contributed by atoms with Gasteiger partial charge in [0.2, 0.25) is 0 Å². The number of nitrogens with zero attached hydrogens (tertiary/aromatic N) is 2. The van der Waals surface area contributed by atoms with Gasteiger partial charge in [0.05, 0.1) is 0 Å². The van der Waals surface area contributed by atoms with Crippen molar-refractivity contribution < 1.29 is 19.5 Å². The van der Waals surface area contributed by atoms with Crippen LogP contribution in [0.2, 0.25) is 0 Å². The second-order valence-corrected chi connectivity index (χ2v) is 5.03. The van der Waals surface area contributed by atoms with Crippen molar-refractivity contribution >= 4 is 18.2 Å². The van der Waals surface area contributed by atoms with Gasteiger partial charge in [-0.25, -0.2) is 9.78 Å². The maximum absolute atomic E-state index is 12.4. The van der Waals surface area contributed by atoms with Crippen LogP contribution in [0.1, 0.15) is 32.1 Å². The first-order valence-corrected chi connectivity index (χ1v) is 6.71. The molecule has 1 aromatic carbocycles. The van der Waals surface area contributed by atoms with Gasteiger partial charge in [-0.15, -0.1) is 0 Å². The third kappa shape index (κ3) is 2.26. The lowest BCUT2D eigenvalue weighted by molar-refractivity contribution is -0.142. The summed E-state index contributed by atoms with van der Waals surface area (Å²) in [5.41, 5.74) is 1.93. The number of hydrogen-bond acceptors (Lipinski definition) is 4. The molecular formula is C15H13N3O4. The number of carboxylic acids is 1. The van der Waals surface area contributed by atoms with Crippen molar-refractivity contribution in [2.45, 2.75) is 19.0 Å². The zero-order valence-electron chi connectivity index (χ0n) is 11.5. The maximum Gasteiger partial charge on any atom is 0.326 e. The zero-order valence-corrected chi connectivity index (χ0v) is 11.5. The van der Waals surface area contributed by atoms with Crippen molar-refractivity contribution in [1.82, 2.24) is 14.9 Å². The molecule has 3 rings (SSSR count). The van der Waals surface area contributed by atoms with Gasteiger partial charge >= 0.3 is 5.97 Å². The fourth-order valence-electron chi connectivity index (χ4n) is 2.71. The van der Waals surface area contributed by atoms with Crippen LogP contribution in [0, 0.1) is 0 Å². The predicted molar refractivity (Wildman–Crippen MR) is 75.4 cm³/mol. The number of amides is 1. The van der Waals surface area contributed by atoms with Gasteiger partial charge in [0.25, 0.3) is 5.91 Å². The summed E-state index contributed by atoms with van der Waals surface area (Å²) in [7, 11) is 0. The number of H-pyrrole nitrogens is 1. The van der Waals surface area contributed by atoms with Crippen molar-refractivity contribution in [3.8, 4) is 0 Å². The molecule has 0 spiro atoms. The first-order chi connectivity index (χ1) is 10.6. The molecular weight excluding hydrogens is 286 g/mol. The molecule has 2 heterocycles. The fourth-order valence-corrected chi connectivity index (χ4v) is 2.71. The summed E-state index contributed by atoms with van der Waals surface area (Å²) in [6, 6.07) is 4.14. The first-order valence-electron chi connectivity index (χ1n) is 6.71. The molecule has 2 aromatic rings. The normalized spacial score (nSPS) is 16.9. The number of rotatable bonds is 3. The highest BCUT2D eigenvalue weighted by molar-refractivity contribution is 5.94. The van der Waals surface area contributed by atoms with E-state index in [0.29, 0.717) is 17.4 Å². The highest BCUT2D eigenvalue weighted by atomic mass is 16.4. The average Bonchev–Trinajstić information content (AvgIpc) is 3.06. The summed E-state index contributed by atoms with van der Waals surface area (Å²) < 4.78 is 0. The van der Waals surface area contributed by atoms with Crippen molar-refractivity contribution in [1.29, 1.82) is 0 Å². The second kappa shape index (κ2) is 5.44. The number of hydrogen-bond donors (Lipinski definition) is 2. The maximum atomic E-state index is 12.4. The van der Waals surface area contributed by atoms with Crippen LogP contribution in [-0.4, -0.2) is 44.2 Å². The summed E-state index contributed by atoms with van der Waals surface area (Å²) in [6.45, 7) is 0.132. The first kappa shape index (κ1) is 14.0. The van der Waals surface area contributed by atoms with Crippen molar-refractivity contribution in [3.05, 3.63) is 53.1 Å². The molecule has 1 aliphatic heterocycles. The number of aldehydes is 1. The average molecular weight is 299 g/mol. The van der Waals surface area contributed by atoms with E-state index in [9.17, 15) is 19.5 Å². The Balaban J connectivity index is 2.01. The fraction of sp³-hybridized carbons (Fsp3) is 0.200. The Morgan fingerprint density at radius 2 is 2.23 bits per heavy atom. The van der Waals surface area contributed by atoms with Gasteiger partial charge < -0.3 is 15.0 Å². The van der Waals surface area contributed by atoms with Crippen LogP contribution >= 0.6 is 0 Å². The molecule has 0 saturated heterocycles. The van der Waals surface area contributed by atoms with E-state index >= 15 is 0 Å². The number of benzene rings is 1. The quantitative estimate of drug-likeness (QED) is 0.819. The summed E-state index contributed by atoms with van der Waals surface area (Å²) in [5.74, 6) is -1.48. The number of nitrogens with one attached hydrogen (secondary N) is 1. The molecule has 1 unspecified atom stereocenters. The number of aliphatic carboxylic acids is 1. The molecule has 1 aliphatic rings. The zero-order chi connectivity index (χ0) is 15.7. The monoisotopic (exact) mass is 299 g/mol. The second-order valence-electron chi connectivity index (χ2n) is 5.03. The van der Waals surface area contributed by atoms with Crippen molar-refractivity contribution in [3.63, 3.8) is 0 Å². The predicted octanol–water partition coefficient (Wildman–Crippen LogP) is 0.874. The van der Waals surface area contributed by atoms with E-state index in [1.54, 1.807) is 18.2 Å². The highest BCUT2D eigenvalue weighted by Gasteiger charge is 2.36. The summed E-state index contributed by atoms with van der Waals surface area (Å²) >= 11 is 0. The Morgan fingerprint density at radius 1 is 1.41 bits per heavy atom. The number of aromatic nitrogens is 2. The molecule has 2 N–H and O–H groups in total. The van der Waals surface area contributed by atoms with Gasteiger partial charge in [0, 0.05) is 30.9 Å². The number of carbonyl (C=O) groups is 3. The molecule has 0 bridgehead atoms. The van der Waals surface area contributed by atoms with Gasteiger partial charge in [0.15, 0.2) is 5.82 Å². The third-order valence-corrected chi connectivity index (χ3v) is 3.80. The van der Waals surface area contributed by atoms with E-state index in [1.165, 1.54) is 17.3 Å². The molecule has 112 valence electrons. The Hall–Kier alpha value is -2.96. The minimum Gasteiger partial charge on any atom is -0.480 e. The van der Waals surface area contributed by atoms with Crippen LogP contribution in [0.3, 0.4) is 0 Å². The van der Waals surface area contributed by atoms with E-state index in [2.05, 4.69) is 9.97 Å². The molecule has 1 atom stereocenters. The standard InChI is InChI=1S/C15H13N3O4/c19-8-10-3-1-2-9-7-18(12(15(21)22)6-11(9)10)14(20)13-16-4-5-17-13/h1-5,8,12H,6-7H2,(H,16,17)(H,21,22). The van der Waals surface area contributed by atoms with Crippen LogP contribution in [0.15, 0.2) is 30.6 Å². The van der Waals surface area contributed by atoms with Crippen LogP contribution in [0.5, 0.6) is 0 Å². The van der Waals surface area contributed by atoms with Gasteiger partial charge in [-0.2, -0.15) is 0 Å². The summed E-state index contributed by atoms with van der Waals surface area (Å²) in [4.78, 5) is 42.9. The molecule has 7 nitrogen and oxygen atoms in total. The molecule has 7 heteroatoms. The van der Waals surface area contributed by atoms with Gasteiger partial charge in [-0.1, -0.05) is 18.2 Å². The molecule has 0 fully saturated rings. The molecule has 0 aliphatic carbocycles. The van der Waals surface area contributed by atoms with Gasteiger partial charge in [0.1, 0.15) is 12.3 Å². The van der Waals surface area contributed by atoms with Crippen LogP contribution in [-0.2, 0) is 17.8 Å². The van der Waals surface area contributed by atoms with Crippen molar-refractivity contribution in [2.75, 3.05) is 0 Å². The van der Waals surface area contributed by atoms with E-state index in [4.69, 9.17) is 0 Å². The lowest BCUT2D eigenvalue weighted by Crippen LogP contribution is -2.49. The number of fused-ring (bicyclic) bond motifs is 1. The number of imidazole rings is 1. The number of carboxylic acid groups (broad SMARTS) is 1. The highest BCUT2D eigenvalue weighted by Crippen LogP contribution is 2.26. The van der Waals surface area contributed by atoms with E-state index < -0.39 is 17.9 Å². The van der Waals surface area contributed by atoms with Crippen molar-refractivity contribution in [2.24, 2.45) is 0 Å². The minimum atomic E-state index is -1.11. The Morgan fingerprint density at radius 3 is 2.86 bits per heavy atom. The lowest BCUT2D eigenvalue weighted by atomic mass is 9.90. The molecule has 1 aromatic heterocycles. The topological polar surface area (TPSA) is 103 Å². The van der Waals surface area contributed by atoms with E-state index in [-0.39, 0.29) is 18.8 Å². The van der Waals surface area contributed by atoms with Crippen LogP contribution in [0.25, 0.3) is 0 Å². The van der Waals surface area contributed by atoms with Gasteiger partial charge in [-0.05, 0) is 11.1 Å². The number of carbonyl (C=O) groups excluding carboxylic acids is 2. The largest absolute Gasteiger partial charge is 0.480 e. The lowest BCUT2D eigenvalue weighted by Gasteiger charge is -2.34. The summed E-state index contributed by atoms with van der Waals surface area (Å²) in [5, 5.41) is 9.43. The third-order valence-electron chi connectivity index (χ3n) is 3.80. The van der Waals surface area contributed by atoms with E-state index in [0.717, 1.165) is 5.56 Å². The van der Waals surface area contributed by atoms with Gasteiger partial charge in [-0.3, -0.25) is 9.59 Å². The SMILES string of the molecule is O=Cc1cccc2c1CC(C(=O)O)N(C(=O)c1ncc[nH]1)C2. The summed E-state index contributed by atoms with van der Waals surface area (Å²) in [6.07, 6.45) is 3.75. The number of aromatic amines is 1. The Kier molecular flexibility index (Phi) is 3.46. The van der Waals surface area contributed by atoms with Crippen LogP contribution < -0.4 is 0 Å². The molecule has 0 saturated carbocycles. The molecule has 22 heavy (non-hydrogen) atoms. The van der Waals surface area contributed by atoms with Crippen LogP contribution in [0.4, 0.5) is 0 Å². The minimum absolute atomic E-state index is 0.0984.